The normalized spacial score (nSPS) is 9.81. The predicted molar refractivity (Wildman–Crippen MR) is 91.6 cm³/mol. The molecule has 0 radical (unpaired) electrons. The molecule has 1 N–H and O–H groups in total. The first-order valence-electron chi connectivity index (χ1n) is 7.88. The lowest BCUT2D eigenvalue weighted by Crippen LogP contribution is -2.17. The van der Waals surface area contributed by atoms with Crippen LogP contribution in [0.1, 0.15) is 60.9 Å². The molecule has 1 aromatic carbocycles. The summed E-state index contributed by atoms with van der Waals surface area (Å²) < 4.78 is 0. The first-order chi connectivity index (χ1) is 9.99. The average Bonchev–Trinajstić information content (AvgIpc) is 2.46. The molecule has 120 valence electrons. The van der Waals surface area contributed by atoms with Crippen LogP contribution in [0.15, 0.2) is 24.3 Å². The van der Waals surface area contributed by atoms with Crippen molar-refractivity contribution >= 4 is 17.4 Å². The van der Waals surface area contributed by atoms with Gasteiger partial charge in [-0.15, -0.1) is 0 Å². The van der Waals surface area contributed by atoms with E-state index < -0.39 is 0 Å². The third-order valence-electron chi connectivity index (χ3n) is 2.96. The number of nitrogens with one attached hydrogen (secondary N) is 1. The molecule has 0 atom stereocenters. The summed E-state index contributed by atoms with van der Waals surface area (Å²) in [5.41, 5.74) is 2.05. The monoisotopic (exact) mass is 293 g/mol. The maximum atomic E-state index is 11.6. The van der Waals surface area contributed by atoms with E-state index in [2.05, 4.69) is 11.4 Å². The van der Waals surface area contributed by atoms with Gasteiger partial charge in [-0.3, -0.25) is 4.79 Å². The molecule has 0 heterocycles. The Bertz CT molecular complexity index is 444. The van der Waals surface area contributed by atoms with Crippen LogP contribution < -0.4 is 5.32 Å². The zero-order valence-electron chi connectivity index (χ0n) is 14.0. The van der Waals surface area contributed by atoms with E-state index in [9.17, 15) is 9.59 Å². The first-order valence-corrected chi connectivity index (χ1v) is 7.88. The molecule has 0 spiro atoms. The van der Waals surface area contributed by atoms with Gasteiger partial charge in [0.05, 0.1) is 0 Å². The summed E-state index contributed by atoms with van der Waals surface area (Å²) in [6, 6.07) is 7.92. The van der Waals surface area contributed by atoms with Crippen LogP contribution >= 0.6 is 0 Å². The first kappa shape index (κ1) is 19.4. The third-order valence-corrected chi connectivity index (χ3v) is 2.96. The number of carbonyl (C=O) groups is 2. The number of rotatable bonds is 7. The van der Waals surface area contributed by atoms with Crippen molar-refractivity contribution in [2.75, 3.05) is 5.32 Å². The predicted octanol–water partition coefficient (Wildman–Crippen LogP) is 4.86. The molecule has 0 aliphatic heterocycles. The minimum absolute atomic E-state index is 0. The number of benzene rings is 1. The van der Waals surface area contributed by atoms with Gasteiger partial charge in [-0.1, -0.05) is 39.8 Å². The Morgan fingerprint density at radius 1 is 1.19 bits per heavy atom. The van der Waals surface area contributed by atoms with Crippen molar-refractivity contribution in [3.63, 3.8) is 0 Å². The van der Waals surface area contributed by atoms with Crippen molar-refractivity contribution in [2.45, 2.75) is 60.3 Å². The van der Waals surface area contributed by atoms with Gasteiger partial charge >= 0.3 is 0 Å². The van der Waals surface area contributed by atoms with Crippen molar-refractivity contribution in [3.05, 3.63) is 29.8 Å². The number of anilines is 1. The highest BCUT2D eigenvalue weighted by atomic mass is 16.1. The largest absolute Gasteiger partial charge is 0.326 e. The molecule has 0 fully saturated rings. The lowest BCUT2D eigenvalue weighted by molar-refractivity contribution is -0.119. The van der Waals surface area contributed by atoms with Gasteiger partial charge in [-0.2, -0.15) is 0 Å². The van der Waals surface area contributed by atoms with Crippen LogP contribution in [0.4, 0.5) is 5.69 Å². The summed E-state index contributed by atoms with van der Waals surface area (Å²) in [4.78, 5) is 22.5. The molecule has 3 heteroatoms. The number of Topliss-reactive ketones (excluding diaryl/α,β-unsaturated/α-hetero) is 1. The molecule has 3 nitrogen and oxygen atoms in total. The van der Waals surface area contributed by atoms with E-state index in [1.54, 1.807) is 6.92 Å². The quantitative estimate of drug-likeness (QED) is 0.730. The third kappa shape index (κ3) is 9.01. The van der Waals surface area contributed by atoms with Gasteiger partial charge in [0.1, 0.15) is 5.78 Å². The van der Waals surface area contributed by atoms with Crippen LogP contribution in [0.2, 0.25) is 0 Å². The van der Waals surface area contributed by atoms with E-state index in [1.807, 2.05) is 45.9 Å². The highest BCUT2D eigenvalue weighted by molar-refractivity contribution is 5.92. The van der Waals surface area contributed by atoms with Crippen molar-refractivity contribution in [1.29, 1.82) is 0 Å². The average molecular weight is 293 g/mol. The van der Waals surface area contributed by atoms with E-state index in [-0.39, 0.29) is 19.0 Å². The number of hydrogen-bond acceptors (Lipinski definition) is 2. The lowest BCUT2D eigenvalue weighted by Gasteiger charge is -2.09. The van der Waals surface area contributed by atoms with Crippen LogP contribution in [0.25, 0.3) is 0 Å². The smallest absolute Gasteiger partial charge is 0.226 e. The zero-order chi connectivity index (χ0) is 16.3. The highest BCUT2D eigenvalue weighted by Gasteiger charge is 2.07. The van der Waals surface area contributed by atoms with Crippen LogP contribution in [-0.4, -0.2) is 11.7 Å². The van der Waals surface area contributed by atoms with Gasteiger partial charge in [-0.05, 0) is 43.9 Å². The molecule has 0 aliphatic carbocycles. The van der Waals surface area contributed by atoms with Crippen LogP contribution in [0.3, 0.4) is 0 Å². The van der Waals surface area contributed by atoms with Gasteiger partial charge in [-0.25, -0.2) is 0 Å². The molecule has 0 saturated heterocycles. The summed E-state index contributed by atoms with van der Waals surface area (Å²) in [6.45, 7) is 9.38. The molecule has 0 saturated carbocycles. The topological polar surface area (TPSA) is 46.2 Å². The number of ketones is 1. The number of unbranched alkanes of at least 4 members (excludes halogenated alkanes) is 1. The number of hydrogen-bond donors (Lipinski definition) is 1. The standard InChI is InChI=1S/C16H23NO2.C2H6.H2/c1-12(2)16(19)17-15-10-6-9-14(11-15)8-5-4-7-13(3)18;1-2;/h6,9-12H,4-5,7-8H2,1-3H3,(H,17,19);1-2H3;1H. The summed E-state index contributed by atoms with van der Waals surface area (Å²) in [6.07, 6.45) is 3.53. The maximum absolute atomic E-state index is 11.6. The van der Waals surface area contributed by atoms with E-state index >= 15 is 0 Å². The molecular formula is C18H31NO2. The van der Waals surface area contributed by atoms with Crippen molar-refractivity contribution in [2.24, 2.45) is 5.92 Å². The fraction of sp³-hybridized carbons (Fsp3) is 0.556. The summed E-state index contributed by atoms with van der Waals surface area (Å²) >= 11 is 0. The second-order valence-electron chi connectivity index (χ2n) is 5.25. The minimum atomic E-state index is -0.0146. The number of carbonyl (C=O) groups excluding carboxylic acids is 2. The zero-order valence-corrected chi connectivity index (χ0v) is 14.0. The van der Waals surface area contributed by atoms with E-state index in [0.29, 0.717) is 6.42 Å². The number of aryl methyl sites for hydroxylation is 1. The summed E-state index contributed by atoms with van der Waals surface area (Å²) in [5, 5.41) is 2.90. The minimum Gasteiger partial charge on any atom is -0.326 e. The molecule has 1 aromatic rings. The van der Waals surface area contributed by atoms with Gasteiger partial charge in [0.25, 0.3) is 0 Å². The summed E-state index contributed by atoms with van der Waals surface area (Å²) in [7, 11) is 0. The van der Waals surface area contributed by atoms with Crippen molar-refractivity contribution in [3.8, 4) is 0 Å². The van der Waals surface area contributed by atoms with Crippen LogP contribution in [0.5, 0.6) is 0 Å². The number of amides is 1. The van der Waals surface area contributed by atoms with Crippen molar-refractivity contribution in [1.82, 2.24) is 0 Å². The SMILES string of the molecule is CC.CC(=O)CCCCc1cccc(NC(=O)C(C)C)c1.[HH]. The Labute approximate surface area is 130 Å². The molecule has 1 amide bonds. The Hall–Kier alpha value is -1.64. The van der Waals surface area contributed by atoms with Crippen LogP contribution in [-0.2, 0) is 16.0 Å². The lowest BCUT2D eigenvalue weighted by atomic mass is 10.1. The molecule has 0 bridgehead atoms. The van der Waals surface area contributed by atoms with E-state index in [1.165, 1.54) is 5.56 Å². The Kier molecular flexibility index (Phi) is 10.2. The Balaban J connectivity index is 0. The maximum Gasteiger partial charge on any atom is 0.226 e. The molecule has 1 rings (SSSR count). The van der Waals surface area contributed by atoms with Gasteiger partial charge in [0.15, 0.2) is 0 Å². The molecular weight excluding hydrogens is 262 g/mol. The van der Waals surface area contributed by atoms with Crippen LogP contribution in [0, 0.1) is 5.92 Å². The second-order valence-corrected chi connectivity index (χ2v) is 5.25. The van der Waals surface area contributed by atoms with E-state index in [4.69, 9.17) is 0 Å². The van der Waals surface area contributed by atoms with Gasteiger partial charge < -0.3 is 10.1 Å². The van der Waals surface area contributed by atoms with Gasteiger partial charge in [0.2, 0.25) is 5.91 Å². The fourth-order valence-corrected chi connectivity index (χ4v) is 1.79. The Morgan fingerprint density at radius 2 is 1.86 bits per heavy atom. The highest BCUT2D eigenvalue weighted by Crippen LogP contribution is 2.14. The summed E-state index contributed by atoms with van der Waals surface area (Å²) in [5.74, 6) is 0.269. The fourth-order valence-electron chi connectivity index (χ4n) is 1.79. The second kappa shape index (κ2) is 11.1. The molecule has 0 aliphatic rings. The Morgan fingerprint density at radius 3 is 2.43 bits per heavy atom. The molecule has 21 heavy (non-hydrogen) atoms. The van der Waals surface area contributed by atoms with Gasteiger partial charge in [0, 0.05) is 19.5 Å². The molecule has 0 aromatic heterocycles. The van der Waals surface area contributed by atoms with Crippen molar-refractivity contribution < 1.29 is 11.0 Å². The molecule has 0 unspecified atom stereocenters. The van der Waals surface area contributed by atoms with E-state index in [0.717, 1.165) is 24.9 Å².